The van der Waals surface area contributed by atoms with Crippen LogP contribution in [0.15, 0.2) is 0 Å². The van der Waals surface area contributed by atoms with Crippen LogP contribution in [0.5, 0.6) is 0 Å². The first-order valence-electron chi connectivity index (χ1n) is 4.11. The predicted octanol–water partition coefficient (Wildman–Crippen LogP) is 0.494. The van der Waals surface area contributed by atoms with Gasteiger partial charge in [-0.25, -0.2) is 14.6 Å². The molecule has 0 aromatic carbocycles. The van der Waals surface area contributed by atoms with Gasteiger partial charge in [0.25, 0.3) is 0 Å². The Hall–Kier alpha value is -0.0200. The molecule has 0 spiro atoms. The number of hydrogen-bond donors (Lipinski definition) is 3. The van der Waals surface area contributed by atoms with Crippen LogP contribution in [0.3, 0.4) is 0 Å². The average Bonchev–Trinajstić information content (AvgIpc) is 2.01. The van der Waals surface area contributed by atoms with Crippen molar-refractivity contribution in [1.82, 2.24) is 0 Å². The van der Waals surface area contributed by atoms with E-state index in [1.165, 1.54) is 0 Å². The molecule has 0 aliphatic heterocycles. The Morgan fingerprint density at radius 3 is 2.50 bits per heavy atom. The highest BCUT2D eigenvalue weighted by Gasteiger charge is 2.41. The van der Waals surface area contributed by atoms with Gasteiger partial charge < -0.3 is 5.73 Å². The first-order chi connectivity index (χ1) is 5.54. The molecule has 5 heteroatoms. The lowest BCUT2D eigenvalue weighted by atomic mass is 10.4. The Balaban J connectivity index is 3.90. The third kappa shape index (κ3) is 4.12. The van der Waals surface area contributed by atoms with Crippen LogP contribution in [0.1, 0.15) is 26.2 Å². The van der Waals surface area contributed by atoms with Gasteiger partial charge >= 0.3 is 13.2 Å². The third-order valence-electron chi connectivity index (χ3n) is 1.58. The zero-order chi connectivity index (χ0) is 9.61. The number of nitrogens with two attached hydrogens (primary N) is 1. The fourth-order valence-corrected chi connectivity index (χ4v) is 2.30. The highest BCUT2D eigenvalue weighted by Crippen LogP contribution is 2.52. The van der Waals surface area contributed by atoms with Gasteiger partial charge in [0, 0.05) is 6.54 Å². The van der Waals surface area contributed by atoms with Crippen molar-refractivity contribution in [3.05, 3.63) is 0 Å². The highest BCUT2D eigenvalue weighted by molar-refractivity contribution is 7.81. The number of unbranched alkanes of at least 4 members (excludes halogenated alkanes) is 1. The van der Waals surface area contributed by atoms with Crippen molar-refractivity contribution < 1.29 is 14.6 Å². The number of carbonyl (C=O) groups excluding carboxylic acids is 1. The van der Waals surface area contributed by atoms with E-state index in [-0.39, 0.29) is 19.1 Å². The molecule has 0 aromatic rings. The molecular formula is C7H17NO3P+. The molecule has 12 heavy (non-hydrogen) atoms. The molecule has 0 rings (SSSR count). The predicted molar refractivity (Wildman–Crippen MR) is 49.8 cm³/mol. The van der Waals surface area contributed by atoms with Gasteiger partial charge in [-0.2, -0.15) is 0 Å². The van der Waals surface area contributed by atoms with Crippen LogP contribution in [-0.4, -0.2) is 28.0 Å². The van der Waals surface area contributed by atoms with E-state index in [1.54, 1.807) is 0 Å². The van der Waals surface area contributed by atoms with Crippen molar-refractivity contribution in [2.45, 2.75) is 26.2 Å². The second kappa shape index (κ2) is 5.60. The van der Waals surface area contributed by atoms with Crippen molar-refractivity contribution in [3.63, 3.8) is 0 Å². The maximum Gasteiger partial charge on any atom is 0.336 e. The Kier molecular flexibility index (Phi) is 5.59. The smallest absolute Gasteiger partial charge is 0.330 e. The van der Waals surface area contributed by atoms with E-state index in [9.17, 15) is 14.6 Å². The number of carbonyl (C=O) groups is 1. The molecule has 0 saturated carbocycles. The Bertz CT molecular complexity index is 150. The first kappa shape index (κ1) is 12.0. The number of hydrogen-bond acceptors (Lipinski definition) is 4. The van der Waals surface area contributed by atoms with Crippen molar-refractivity contribution in [2.75, 3.05) is 12.7 Å². The minimum absolute atomic E-state index is 0.0739. The first-order valence-corrected chi connectivity index (χ1v) is 5.99. The summed E-state index contributed by atoms with van der Waals surface area (Å²) in [5.41, 5.74) is 4.66. The lowest BCUT2D eigenvalue weighted by Crippen LogP contribution is -2.14. The van der Waals surface area contributed by atoms with E-state index in [0.29, 0.717) is 6.42 Å². The maximum atomic E-state index is 11.0. The van der Waals surface area contributed by atoms with Crippen LogP contribution >= 0.6 is 7.72 Å². The molecule has 0 atom stereocenters. The molecule has 0 amide bonds. The molecule has 4 nitrogen and oxygen atoms in total. The molecule has 0 aromatic heterocycles. The Labute approximate surface area is 73.3 Å². The quantitative estimate of drug-likeness (QED) is 0.537. The molecule has 0 unspecified atom stereocenters. The second-order valence-electron chi connectivity index (χ2n) is 2.74. The van der Waals surface area contributed by atoms with Crippen molar-refractivity contribution in [3.8, 4) is 0 Å². The summed E-state index contributed by atoms with van der Waals surface area (Å²) in [7, 11) is -3.29. The summed E-state index contributed by atoms with van der Waals surface area (Å²) in [6.07, 6.45) is 1.82. The highest BCUT2D eigenvalue weighted by atomic mass is 31.2. The molecule has 4 N–H and O–H groups in total. The van der Waals surface area contributed by atoms with E-state index in [1.807, 2.05) is 6.92 Å². The SMILES string of the molecule is CCCC[P+](O)(O)C(=O)CCN. The summed E-state index contributed by atoms with van der Waals surface area (Å²) in [5.74, 6) is 0. The standard InChI is InChI=1S/C7H17NO3P/c1-2-3-6-12(10,11)7(9)4-5-8/h10-11H,2-6,8H2,1H3/q+1. The Morgan fingerprint density at radius 1 is 1.50 bits per heavy atom. The summed E-state index contributed by atoms with van der Waals surface area (Å²) in [4.78, 5) is 29.7. The molecule has 0 bridgehead atoms. The summed E-state index contributed by atoms with van der Waals surface area (Å²) >= 11 is 0. The van der Waals surface area contributed by atoms with Gasteiger partial charge in [-0.1, -0.05) is 13.3 Å². The van der Waals surface area contributed by atoms with Crippen LogP contribution < -0.4 is 5.73 Å². The third-order valence-corrected chi connectivity index (χ3v) is 3.54. The van der Waals surface area contributed by atoms with Gasteiger partial charge in [-0.3, -0.25) is 0 Å². The van der Waals surface area contributed by atoms with E-state index in [4.69, 9.17) is 5.73 Å². The topological polar surface area (TPSA) is 83.5 Å². The fourth-order valence-electron chi connectivity index (χ4n) is 0.806. The normalized spacial score (nSPS) is 11.7. The van der Waals surface area contributed by atoms with Crippen molar-refractivity contribution >= 4 is 13.2 Å². The molecule has 0 saturated heterocycles. The fraction of sp³-hybridized carbons (Fsp3) is 0.857. The molecule has 72 valence electrons. The van der Waals surface area contributed by atoms with Crippen LogP contribution in [0, 0.1) is 0 Å². The van der Waals surface area contributed by atoms with Gasteiger partial charge in [-0.05, 0) is 6.42 Å². The monoisotopic (exact) mass is 194 g/mol. The van der Waals surface area contributed by atoms with Crippen LogP contribution in [0.2, 0.25) is 0 Å². The lowest BCUT2D eigenvalue weighted by Gasteiger charge is -2.08. The largest absolute Gasteiger partial charge is 0.336 e. The maximum absolute atomic E-state index is 11.0. The molecular weight excluding hydrogens is 177 g/mol. The van der Waals surface area contributed by atoms with E-state index in [0.717, 1.165) is 6.42 Å². The zero-order valence-corrected chi connectivity index (χ0v) is 8.26. The van der Waals surface area contributed by atoms with Gasteiger partial charge in [-0.15, -0.1) is 0 Å². The van der Waals surface area contributed by atoms with Crippen LogP contribution in [0.25, 0.3) is 0 Å². The van der Waals surface area contributed by atoms with Crippen LogP contribution in [-0.2, 0) is 4.79 Å². The lowest BCUT2D eigenvalue weighted by molar-refractivity contribution is -0.112. The second-order valence-corrected chi connectivity index (χ2v) is 5.15. The van der Waals surface area contributed by atoms with Gasteiger partial charge in [0.15, 0.2) is 0 Å². The van der Waals surface area contributed by atoms with Gasteiger partial charge in [0.05, 0.1) is 6.42 Å². The number of rotatable bonds is 6. The summed E-state index contributed by atoms with van der Waals surface area (Å²) in [5, 5.41) is 0. The molecule has 0 fully saturated rings. The molecule has 0 aliphatic carbocycles. The van der Waals surface area contributed by atoms with Crippen molar-refractivity contribution in [1.29, 1.82) is 0 Å². The van der Waals surface area contributed by atoms with Crippen LogP contribution in [0.4, 0.5) is 0 Å². The Morgan fingerprint density at radius 2 is 2.08 bits per heavy atom. The average molecular weight is 194 g/mol. The van der Waals surface area contributed by atoms with E-state index >= 15 is 0 Å². The van der Waals surface area contributed by atoms with Crippen molar-refractivity contribution in [2.24, 2.45) is 5.73 Å². The minimum Gasteiger partial charge on any atom is -0.330 e. The molecule has 0 aliphatic rings. The molecule has 0 heterocycles. The summed E-state index contributed by atoms with van der Waals surface area (Å²) in [6.45, 7) is 2.13. The van der Waals surface area contributed by atoms with Gasteiger partial charge in [0.2, 0.25) is 0 Å². The minimum atomic E-state index is -3.29. The molecule has 0 radical (unpaired) electrons. The zero-order valence-electron chi connectivity index (χ0n) is 7.36. The summed E-state index contributed by atoms with van der Waals surface area (Å²) in [6, 6.07) is 0. The summed E-state index contributed by atoms with van der Waals surface area (Å²) < 4.78 is 0. The van der Waals surface area contributed by atoms with E-state index < -0.39 is 13.2 Å². The van der Waals surface area contributed by atoms with Gasteiger partial charge in [0.1, 0.15) is 6.16 Å². The van der Waals surface area contributed by atoms with E-state index in [2.05, 4.69) is 0 Å².